The molecular formula is C60H62HfN2O4Si. The summed E-state index contributed by atoms with van der Waals surface area (Å²) in [6.45, 7) is 13.0. The van der Waals surface area contributed by atoms with Gasteiger partial charge in [-0.3, -0.25) is 0 Å². The number of hydrogen-bond acceptors (Lipinski definition) is 2. The topological polar surface area (TPSA) is 75.9 Å². The van der Waals surface area contributed by atoms with Gasteiger partial charge in [-0.1, -0.05) is 98.8 Å². The van der Waals surface area contributed by atoms with Crippen molar-refractivity contribution in [1.29, 1.82) is 0 Å². The molecule has 0 atom stereocenters. The van der Waals surface area contributed by atoms with Crippen molar-refractivity contribution < 1.29 is 45.5 Å². The van der Waals surface area contributed by atoms with Crippen LogP contribution in [0.3, 0.4) is 0 Å². The van der Waals surface area contributed by atoms with E-state index in [1.54, 1.807) is 0 Å². The number of phenols is 2. The number of aryl methyl sites for hydroxylation is 4. The Labute approximate surface area is 421 Å². The molecule has 10 rings (SSSR count). The molecule has 0 bridgehead atoms. The molecule has 2 heterocycles. The molecule has 8 heteroatoms. The normalized spacial score (nSPS) is 11.4. The Balaban J connectivity index is 0.00000228. The van der Waals surface area contributed by atoms with Crippen molar-refractivity contribution in [3.8, 4) is 56.6 Å². The van der Waals surface area contributed by atoms with Gasteiger partial charge in [0.1, 0.15) is 11.5 Å². The predicted octanol–water partition coefficient (Wildman–Crippen LogP) is 15.5. The van der Waals surface area contributed by atoms with Crippen LogP contribution in [0.1, 0.15) is 36.1 Å². The van der Waals surface area contributed by atoms with Crippen LogP contribution in [-0.4, -0.2) is 49.4 Å². The Kier molecular flexibility index (Phi) is 14.6. The van der Waals surface area contributed by atoms with Gasteiger partial charge in [0.15, 0.2) is 12.5 Å². The van der Waals surface area contributed by atoms with Crippen LogP contribution in [0.15, 0.2) is 158 Å². The average Bonchev–Trinajstić information content (AvgIpc) is 3.84. The van der Waals surface area contributed by atoms with Gasteiger partial charge in [0.2, 0.25) is 0 Å². The van der Waals surface area contributed by atoms with Gasteiger partial charge < -0.3 is 43.7 Å². The van der Waals surface area contributed by atoms with E-state index < -0.39 is 8.07 Å². The minimum Gasteiger partial charge on any atom is -0.585 e. The van der Waals surface area contributed by atoms with E-state index in [-0.39, 0.29) is 52.2 Å². The molecule has 0 spiro atoms. The van der Waals surface area contributed by atoms with Crippen LogP contribution in [0.25, 0.3) is 77.2 Å². The van der Waals surface area contributed by atoms with E-state index in [9.17, 15) is 10.2 Å². The molecule has 0 aliphatic heterocycles. The predicted molar refractivity (Wildman–Crippen MR) is 287 cm³/mol. The van der Waals surface area contributed by atoms with Crippen LogP contribution in [0, 0.1) is 42.5 Å². The number of phenolic OH excluding ortho intramolecular Hbond substituents is 2. The van der Waals surface area contributed by atoms with Crippen LogP contribution in [0.4, 0.5) is 0 Å². The van der Waals surface area contributed by atoms with E-state index >= 15 is 0 Å². The number of benzene rings is 8. The molecule has 0 fully saturated rings. The first kappa shape index (κ1) is 49.5. The van der Waals surface area contributed by atoms with Gasteiger partial charge in [0, 0.05) is 70.6 Å². The molecule has 0 unspecified atom stereocenters. The summed E-state index contributed by atoms with van der Waals surface area (Å²) in [7, 11) is -2.13. The van der Waals surface area contributed by atoms with E-state index in [2.05, 4.69) is 208 Å². The van der Waals surface area contributed by atoms with Gasteiger partial charge in [0.25, 0.3) is 19.6 Å². The SMILES string of the molecule is CC[Si](CC)(C[OH+]c1ccc(C)cc1-c1cc(C)cc(-n2c3ccccc3c3ccccc32)c1O)C[OH+]c1ccc(C)cc1-c1cc(C)cc(-n2c3ccccc3c3ccccc32)c1O.[CH3-].[CH3-].[Hf]. The van der Waals surface area contributed by atoms with Gasteiger partial charge >= 0.3 is 0 Å². The van der Waals surface area contributed by atoms with Gasteiger partial charge in [-0.25, -0.2) is 0 Å². The third kappa shape index (κ3) is 8.69. The van der Waals surface area contributed by atoms with Gasteiger partial charge in [-0.2, -0.15) is 0 Å². The summed E-state index contributed by atoms with van der Waals surface area (Å²) in [6, 6.07) is 56.8. The van der Waals surface area contributed by atoms with Crippen molar-refractivity contribution in [1.82, 2.24) is 9.13 Å². The van der Waals surface area contributed by atoms with Crippen LogP contribution >= 0.6 is 0 Å². The van der Waals surface area contributed by atoms with Gasteiger partial charge in [-0.15, -0.1) is 0 Å². The summed E-state index contributed by atoms with van der Waals surface area (Å²) < 4.78 is 15.3. The van der Waals surface area contributed by atoms with E-state index in [1.807, 2.05) is 0 Å². The summed E-state index contributed by atoms with van der Waals surface area (Å²) >= 11 is 0. The maximum absolute atomic E-state index is 12.4. The third-order valence-electron chi connectivity index (χ3n) is 13.7. The molecule has 6 nitrogen and oxygen atoms in total. The Morgan fingerprint density at radius 1 is 0.412 bits per heavy atom. The van der Waals surface area contributed by atoms with E-state index in [1.165, 1.54) is 0 Å². The first-order chi connectivity index (χ1) is 31.6. The number of para-hydroxylation sites is 4. The van der Waals surface area contributed by atoms with Crippen molar-refractivity contribution >= 4 is 51.7 Å². The minimum absolute atomic E-state index is 0. The summed E-state index contributed by atoms with van der Waals surface area (Å²) in [4.78, 5) is 0. The molecule has 344 valence electrons. The smallest absolute Gasteiger partial charge is 0.262 e. The molecule has 0 saturated carbocycles. The standard InChI is InChI=1S/C58H54N2O4Si.2CH3.Hf/c1-7-65(8-2,35-63-55-27-25-37(3)29-45(55)47-31-39(5)33-53(57(47)61)59-49-21-13-9-17-41(49)42-18-10-14-22-50(42)59)36-64-56-28-26-38(4)30-46(56)48-32-40(6)34-54(58(48)62)60-51-23-15-11-19-43(51)44-20-12-16-24-52(44)60;;;/h9-34,61-62H,7-8,35-36H2,1-6H3;2*1H3;/q;2*-1;/p+2. The number of hydrogen-bond donors (Lipinski definition) is 2. The maximum atomic E-state index is 12.4. The second-order valence-electron chi connectivity index (χ2n) is 18.0. The summed E-state index contributed by atoms with van der Waals surface area (Å²) in [5.41, 5.74) is 13.5. The Morgan fingerprint density at radius 2 is 0.721 bits per heavy atom. The Bertz CT molecular complexity index is 3120. The molecular weight excluding hydrogens is 1020 g/mol. The monoisotopic (exact) mass is 1080 g/mol. The summed E-state index contributed by atoms with van der Waals surface area (Å²) in [6.07, 6.45) is 1.39. The maximum Gasteiger partial charge on any atom is 0.262 e. The average molecular weight is 1080 g/mol. The fourth-order valence-electron chi connectivity index (χ4n) is 9.89. The second-order valence-corrected chi connectivity index (χ2v) is 23.0. The zero-order valence-electron chi connectivity index (χ0n) is 40.5. The summed E-state index contributed by atoms with van der Waals surface area (Å²) in [5.74, 6) is 2.23. The van der Waals surface area contributed by atoms with E-state index in [4.69, 9.17) is 9.47 Å². The van der Waals surface area contributed by atoms with Crippen molar-refractivity contribution in [2.24, 2.45) is 0 Å². The number of nitrogens with zero attached hydrogens (tertiary/aromatic N) is 2. The van der Waals surface area contributed by atoms with Crippen molar-refractivity contribution in [3.05, 3.63) is 195 Å². The molecule has 10 aromatic rings. The minimum atomic E-state index is -2.13. The number of rotatable bonds is 12. The zero-order valence-corrected chi connectivity index (χ0v) is 45.1. The van der Waals surface area contributed by atoms with Crippen molar-refractivity contribution in [2.75, 3.05) is 12.5 Å². The Morgan fingerprint density at radius 3 is 1.04 bits per heavy atom. The van der Waals surface area contributed by atoms with Gasteiger partial charge in [-0.05, 0) is 123 Å². The van der Waals surface area contributed by atoms with Crippen LogP contribution in [-0.2, 0) is 25.8 Å². The fourth-order valence-corrected chi connectivity index (χ4v) is 12.4. The van der Waals surface area contributed by atoms with Gasteiger partial charge in [0.05, 0.1) is 44.6 Å². The first-order valence-electron chi connectivity index (χ1n) is 22.8. The van der Waals surface area contributed by atoms with E-state index in [0.717, 1.165) is 123 Å². The quantitative estimate of drug-likeness (QED) is 0.0727. The number of aromatic nitrogens is 2. The van der Waals surface area contributed by atoms with Crippen molar-refractivity contribution in [3.63, 3.8) is 0 Å². The number of aliphatic hydroxyl groups is 2. The van der Waals surface area contributed by atoms with Crippen LogP contribution < -0.4 is 0 Å². The fraction of sp³-hybridized carbons (Fsp3) is 0.167. The molecule has 68 heavy (non-hydrogen) atoms. The largest absolute Gasteiger partial charge is 0.585 e. The second kappa shape index (κ2) is 20.1. The molecule has 0 saturated heterocycles. The molecule has 0 aliphatic carbocycles. The van der Waals surface area contributed by atoms with Crippen LogP contribution in [0.2, 0.25) is 12.1 Å². The van der Waals surface area contributed by atoms with Crippen LogP contribution in [0.5, 0.6) is 23.0 Å². The number of aromatic hydroxyl groups is 4. The number of ether oxygens (including phenoxy) is 2. The molecule has 4 N–H and O–H groups in total. The van der Waals surface area contributed by atoms with E-state index in [0.29, 0.717) is 12.5 Å². The molecule has 0 radical (unpaired) electrons. The van der Waals surface area contributed by atoms with Crippen molar-refractivity contribution in [2.45, 2.75) is 53.6 Å². The Hall–Kier alpha value is -6.35. The summed E-state index contributed by atoms with van der Waals surface area (Å²) in [5, 5.41) is 29.3. The zero-order chi connectivity index (χ0) is 45.0. The molecule has 0 aliphatic rings. The molecule has 2 aromatic heterocycles. The third-order valence-corrected chi connectivity index (χ3v) is 18.3. The number of fused-ring (bicyclic) bond motifs is 6. The molecule has 0 amide bonds. The first-order valence-corrected chi connectivity index (χ1v) is 25.6. The molecule has 8 aromatic carbocycles.